The Morgan fingerprint density at radius 1 is 1.07 bits per heavy atom. The Balaban J connectivity index is 1.89. The first-order valence-electron chi connectivity index (χ1n) is 8.98. The van der Waals surface area contributed by atoms with Crippen molar-refractivity contribution >= 4 is 23.1 Å². The molecule has 0 aliphatic carbocycles. The van der Waals surface area contributed by atoms with Gasteiger partial charge in [-0.3, -0.25) is 9.59 Å². The van der Waals surface area contributed by atoms with E-state index in [0.29, 0.717) is 24.1 Å². The molecule has 3 rings (SSSR count). The molecule has 3 aromatic carbocycles. The van der Waals surface area contributed by atoms with Crippen molar-refractivity contribution < 1.29 is 22.8 Å². The third-order valence-electron chi connectivity index (χ3n) is 4.55. The van der Waals surface area contributed by atoms with E-state index < -0.39 is 11.7 Å². The molecule has 7 heteroatoms. The van der Waals surface area contributed by atoms with Gasteiger partial charge in [0.25, 0.3) is 5.91 Å². The molecule has 0 heterocycles. The van der Waals surface area contributed by atoms with Crippen LogP contribution in [0.1, 0.15) is 22.8 Å². The van der Waals surface area contributed by atoms with E-state index in [2.05, 4.69) is 10.6 Å². The van der Waals surface area contributed by atoms with E-state index in [0.717, 1.165) is 28.5 Å². The van der Waals surface area contributed by atoms with E-state index in [9.17, 15) is 22.8 Å². The Kier molecular flexibility index (Phi) is 5.87. The van der Waals surface area contributed by atoms with Crippen molar-refractivity contribution in [3.05, 3.63) is 71.8 Å². The van der Waals surface area contributed by atoms with Gasteiger partial charge in [0.15, 0.2) is 0 Å². The van der Waals surface area contributed by atoms with Gasteiger partial charge in [-0.05, 0) is 53.1 Å². The number of halogens is 3. The largest absolute Gasteiger partial charge is 0.416 e. The molecule has 2 N–H and O–H groups in total. The van der Waals surface area contributed by atoms with Crippen LogP contribution < -0.4 is 10.6 Å². The Morgan fingerprint density at radius 3 is 2.45 bits per heavy atom. The maximum atomic E-state index is 12.8. The van der Waals surface area contributed by atoms with Crippen molar-refractivity contribution in [3.63, 3.8) is 0 Å². The minimum absolute atomic E-state index is 0.234. The summed E-state index contributed by atoms with van der Waals surface area (Å²) in [6.45, 7) is 2.10. The van der Waals surface area contributed by atoms with Gasteiger partial charge in [0, 0.05) is 18.2 Å². The highest BCUT2D eigenvalue weighted by molar-refractivity contribution is 6.02. The van der Waals surface area contributed by atoms with Crippen LogP contribution >= 0.6 is 0 Å². The van der Waals surface area contributed by atoms with Crippen LogP contribution in [0.2, 0.25) is 0 Å². The molecule has 3 aromatic rings. The van der Waals surface area contributed by atoms with Crippen molar-refractivity contribution in [2.24, 2.45) is 0 Å². The summed E-state index contributed by atoms with van der Waals surface area (Å²) < 4.78 is 38.4. The fourth-order valence-corrected chi connectivity index (χ4v) is 3.10. The molecule has 0 saturated carbocycles. The molecule has 0 bridgehead atoms. The highest BCUT2D eigenvalue weighted by Crippen LogP contribution is 2.33. The number of hydrogen-bond acceptors (Lipinski definition) is 2. The zero-order valence-electron chi connectivity index (χ0n) is 15.6. The standard InChI is InChI=1S/C22H19F3N2O2/c1-14(12-26-13-28)27-21(29)17-7-10-20-16(11-17)3-2-4-19(20)15-5-8-18(9-6-15)22(23,24)25/h2-11,13-14H,12H2,1H3,(H,26,28)(H,27,29). The molecule has 0 aromatic heterocycles. The maximum absolute atomic E-state index is 12.8. The van der Waals surface area contributed by atoms with Gasteiger partial charge in [-0.2, -0.15) is 13.2 Å². The van der Waals surface area contributed by atoms with Crippen molar-refractivity contribution in [2.45, 2.75) is 19.1 Å². The van der Waals surface area contributed by atoms with Gasteiger partial charge >= 0.3 is 6.18 Å². The summed E-state index contributed by atoms with van der Waals surface area (Å²) in [5.74, 6) is -0.271. The Hall–Kier alpha value is -3.35. The van der Waals surface area contributed by atoms with Gasteiger partial charge in [-0.15, -0.1) is 0 Å². The maximum Gasteiger partial charge on any atom is 0.416 e. The van der Waals surface area contributed by atoms with Crippen LogP contribution in [0.25, 0.3) is 21.9 Å². The van der Waals surface area contributed by atoms with Gasteiger partial charge in [0.1, 0.15) is 0 Å². The lowest BCUT2D eigenvalue weighted by molar-refractivity contribution is -0.137. The molecule has 29 heavy (non-hydrogen) atoms. The molecule has 4 nitrogen and oxygen atoms in total. The third-order valence-corrected chi connectivity index (χ3v) is 4.55. The molecule has 1 unspecified atom stereocenters. The summed E-state index contributed by atoms with van der Waals surface area (Å²) in [4.78, 5) is 22.8. The van der Waals surface area contributed by atoms with Gasteiger partial charge < -0.3 is 10.6 Å². The van der Waals surface area contributed by atoms with Gasteiger partial charge in [0.05, 0.1) is 5.56 Å². The highest BCUT2D eigenvalue weighted by atomic mass is 19.4. The number of carbonyl (C=O) groups excluding carboxylic acids is 2. The van der Waals surface area contributed by atoms with Crippen molar-refractivity contribution in [1.82, 2.24) is 10.6 Å². The second kappa shape index (κ2) is 8.34. The minimum atomic E-state index is -4.38. The molecule has 0 spiro atoms. The van der Waals surface area contributed by atoms with Crippen LogP contribution in [-0.2, 0) is 11.0 Å². The van der Waals surface area contributed by atoms with E-state index >= 15 is 0 Å². The topological polar surface area (TPSA) is 58.2 Å². The number of rotatable bonds is 6. The van der Waals surface area contributed by atoms with Crippen molar-refractivity contribution in [2.75, 3.05) is 6.54 Å². The molecular formula is C22H19F3N2O2. The first-order valence-corrected chi connectivity index (χ1v) is 8.98. The monoisotopic (exact) mass is 400 g/mol. The van der Waals surface area contributed by atoms with Crippen LogP contribution in [0, 0.1) is 0 Å². The molecule has 0 aliphatic rings. The first kappa shape index (κ1) is 20.4. The second-order valence-corrected chi connectivity index (χ2v) is 6.72. The fourth-order valence-electron chi connectivity index (χ4n) is 3.10. The van der Waals surface area contributed by atoms with Gasteiger partial charge in [-0.25, -0.2) is 0 Å². The van der Waals surface area contributed by atoms with Crippen LogP contribution in [0.4, 0.5) is 13.2 Å². The predicted octanol–water partition coefficient (Wildman–Crippen LogP) is 4.39. The van der Waals surface area contributed by atoms with Crippen molar-refractivity contribution in [3.8, 4) is 11.1 Å². The minimum Gasteiger partial charge on any atom is -0.357 e. The van der Waals surface area contributed by atoms with E-state index in [1.54, 1.807) is 31.2 Å². The van der Waals surface area contributed by atoms with Crippen LogP contribution in [0.3, 0.4) is 0 Å². The lowest BCUT2D eigenvalue weighted by Crippen LogP contribution is -2.39. The molecular weight excluding hydrogens is 381 g/mol. The van der Waals surface area contributed by atoms with Gasteiger partial charge in [0.2, 0.25) is 6.41 Å². The predicted molar refractivity (Wildman–Crippen MR) is 105 cm³/mol. The van der Waals surface area contributed by atoms with Crippen LogP contribution in [0.5, 0.6) is 0 Å². The summed E-state index contributed by atoms with van der Waals surface area (Å²) in [5.41, 5.74) is 1.21. The lowest BCUT2D eigenvalue weighted by atomic mass is 9.96. The number of hydrogen-bond donors (Lipinski definition) is 2. The molecule has 2 amide bonds. The number of fused-ring (bicyclic) bond motifs is 1. The number of alkyl halides is 3. The molecule has 0 saturated heterocycles. The highest BCUT2D eigenvalue weighted by Gasteiger charge is 2.30. The Labute approximate surface area is 165 Å². The molecule has 0 radical (unpaired) electrons. The zero-order valence-corrected chi connectivity index (χ0v) is 15.6. The summed E-state index contributed by atoms with van der Waals surface area (Å²) in [6.07, 6.45) is -3.81. The quantitative estimate of drug-likeness (QED) is 0.603. The normalized spacial score (nSPS) is 12.4. The summed E-state index contributed by atoms with van der Waals surface area (Å²) in [6, 6.07) is 15.4. The molecule has 0 fully saturated rings. The SMILES string of the molecule is CC(CNC=O)NC(=O)c1ccc2c(-c3ccc(C(F)(F)F)cc3)cccc2c1. The van der Waals surface area contributed by atoms with Crippen LogP contribution in [0.15, 0.2) is 60.7 Å². The number of amides is 2. The molecule has 0 aliphatic heterocycles. The fraction of sp³-hybridized carbons (Fsp3) is 0.182. The van der Waals surface area contributed by atoms with E-state index in [1.165, 1.54) is 12.1 Å². The Bertz CT molecular complexity index is 1030. The first-order chi connectivity index (χ1) is 13.8. The zero-order chi connectivity index (χ0) is 21.0. The average Bonchev–Trinajstić information content (AvgIpc) is 2.70. The van der Waals surface area contributed by atoms with Gasteiger partial charge in [-0.1, -0.05) is 36.4 Å². The lowest BCUT2D eigenvalue weighted by Gasteiger charge is -2.14. The van der Waals surface area contributed by atoms with Crippen molar-refractivity contribution in [1.29, 1.82) is 0 Å². The number of carbonyl (C=O) groups is 2. The van der Waals surface area contributed by atoms with E-state index in [1.807, 2.05) is 12.1 Å². The second-order valence-electron chi connectivity index (χ2n) is 6.72. The average molecular weight is 400 g/mol. The van der Waals surface area contributed by atoms with E-state index in [4.69, 9.17) is 0 Å². The summed E-state index contributed by atoms with van der Waals surface area (Å²) >= 11 is 0. The number of benzene rings is 3. The van der Waals surface area contributed by atoms with Crippen LogP contribution in [-0.4, -0.2) is 24.9 Å². The molecule has 150 valence electrons. The smallest absolute Gasteiger partial charge is 0.357 e. The Morgan fingerprint density at radius 2 is 1.79 bits per heavy atom. The summed E-state index contributed by atoms with van der Waals surface area (Å²) in [5, 5.41) is 6.94. The third kappa shape index (κ3) is 4.74. The van der Waals surface area contributed by atoms with E-state index in [-0.39, 0.29) is 11.9 Å². The summed E-state index contributed by atoms with van der Waals surface area (Å²) in [7, 11) is 0. The molecule has 1 atom stereocenters. The number of nitrogens with one attached hydrogen (secondary N) is 2.